The van der Waals surface area contributed by atoms with Crippen LogP contribution in [0.1, 0.15) is 0 Å². The van der Waals surface area contributed by atoms with E-state index in [0.717, 1.165) is 0 Å². The highest BCUT2D eigenvalue weighted by molar-refractivity contribution is 7.99. The molecule has 0 aromatic carbocycles. The first-order valence-corrected chi connectivity index (χ1v) is 6.04. The number of hydrogen-bond acceptors (Lipinski definition) is 5. The van der Waals surface area contributed by atoms with Gasteiger partial charge in [-0.3, -0.25) is 4.79 Å². The Morgan fingerprint density at radius 2 is 2.33 bits per heavy atom. The average Bonchev–Trinajstić information content (AvgIpc) is 2.28. The molecule has 1 rings (SSSR count). The average molecular weight is 233 g/mol. The zero-order valence-corrected chi connectivity index (χ0v) is 9.71. The lowest BCUT2D eigenvalue weighted by Crippen LogP contribution is -2.49. The molecule has 0 aromatic rings. The number of morpholine rings is 1. The monoisotopic (exact) mass is 233 g/mol. The van der Waals surface area contributed by atoms with E-state index in [2.05, 4.69) is 4.74 Å². The van der Waals surface area contributed by atoms with Crippen LogP contribution in [0, 0.1) is 0 Å². The van der Waals surface area contributed by atoms with Crippen LogP contribution < -0.4 is 0 Å². The normalized spacial score (nSPS) is 21.2. The standard InChI is InChI=1S/C9H15NO4S/c1-13-9(12)7-5-10(3-4-14-7)8(11)6-15-2/h7H,3-6H2,1-2H3. The Kier molecular flexibility index (Phi) is 4.90. The highest BCUT2D eigenvalue weighted by Crippen LogP contribution is 2.08. The van der Waals surface area contributed by atoms with Crippen LogP contribution in [0.2, 0.25) is 0 Å². The molecule has 5 nitrogen and oxygen atoms in total. The minimum absolute atomic E-state index is 0.0414. The predicted molar refractivity (Wildman–Crippen MR) is 56.7 cm³/mol. The summed E-state index contributed by atoms with van der Waals surface area (Å²) < 4.78 is 9.78. The Morgan fingerprint density at radius 3 is 2.93 bits per heavy atom. The molecule has 0 aromatic heterocycles. The van der Waals surface area contributed by atoms with Crippen LogP contribution >= 0.6 is 11.8 Å². The van der Waals surface area contributed by atoms with E-state index in [-0.39, 0.29) is 5.91 Å². The van der Waals surface area contributed by atoms with Crippen molar-refractivity contribution in [2.75, 3.05) is 38.8 Å². The van der Waals surface area contributed by atoms with Gasteiger partial charge in [0.2, 0.25) is 5.91 Å². The summed E-state index contributed by atoms with van der Waals surface area (Å²) in [7, 11) is 1.31. The lowest BCUT2D eigenvalue weighted by Gasteiger charge is -2.31. The van der Waals surface area contributed by atoms with E-state index in [1.807, 2.05) is 6.26 Å². The maximum atomic E-state index is 11.6. The zero-order valence-electron chi connectivity index (χ0n) is 8.89. The first kappa shape index (κ1) is 12.3. The van der Waals surface area contributed by atoms with Crippen molar-refractivity contribution in [1.82, 2.24) is 4.90 Å². The number of esters is 1. The third-order valence-corrected chi connectivity index (χ3v) is 2.69. The van der Waals surface area contributed by atoms with Crippen LogP contribution in [-0.2, 0) is 19.1 Å². The molecule has 1 atom stereocenters. The predicted octanol–water partition coefficient (Wildman–Crippen LogP) is -0.250. The molecule has 1 fully saturated rings. The fourth-order valence-electron chi connectivity index (χ4n) is 1.36. The van der Waals surface area contributed by atoms with Crippen molar-refractivity contribution in [1.29, 1.82) is 0 Å². The number of nitrogens with zero attached hydrogens (tertiary/aromatic N) is 1. The first-order chi connectivity index (χ1) is 7.19. The van der Waals surface area contributed by atoms with E-state index >= 15 is 0 Å². The summed E-state index contributed by atoms with van der Waals surface area (Å²) in [5, 5.41) is 0. The van der Waals surface area contributed by atoms with E-state index in [9.17, 15) is 9.59 Å². The topological polar surface area (TPSA) is 55.8 Å². The van der Waals surface area contributed by atoms with Crippen molar-refractivity contribution in [3.05, 3.63) is 0 Å². The van der Waals surface area contributed by atoms with Crippen LogP contribution in [0.3, 0.4) is 0 Å². The molecule has 0 saturated carbocycles. The second-order valence-corrected chi connectivity index (χ2v) is 4.02. The van der Waals surface area contributed by atoms with E-state index < -0.39 is 12.1 Å². The number of thioether (sulfide) groups is 1. The van der Waals surface area contributed by atoms with Crippen LogP contribution in [0.15, 0.2) is 0 Å². The molecule has 0 N–H and O–H groups in total. The molecule has 0 radical (unpaired) electrons. The van der Waals surface area contributed by atoms with Crippen molar-refractivity contribution in [2.45, 2.75) is 6.10 Å². The van der Waals surface area contributed by atoms with Gasteiger partial charge in [-0.05, 0) is 6.26 Å². The Balaban J connectivity index is 2.48. The van der Waals surface area contributed by atoms with Crippen molar-refractivity contribution >= 4 is 23.6 Å². The highest BCUT2D eigenvalue weighted by Gasteiger charge is 2.29. The minimum Gasteiger partial charge on any atom is -0.467 e. The number of rotatable bonds is 3. The van der Waals surface area contributed by atoms with Crippen LogP contribution in [0.25, 0.3) is 0 Å². The van der Waals surface area contributed by atoms with Crippen LogP contribution in [-0.4, -0.2) is 61.7 Å². The maximum Gasteiger partial charge on any atom is 0.336 e. The lowest BCUT2D eigenvalue weighted by molar-refractivity contribution is -0.161. The molecule has 86 valence electrons. The lowest BCUT2D eigenvalue weighted by atomic mass is 10.2. The molecule has 1 aliphatic heterocycles. The molecule has 0 bridgehead atoms. The summed E-state index contributed by atoms with van der Waals surface area (Å²) >= 11 is 1.47. The summed E-state index contributed by atoms with van der Waals surface area (Å²) in [6.07, 6.45) is 1.24. The third kappa shape index (κ3) is 3.39. The Bertz CT molecular complexity index is 246. The smallest absolute Gasteiger partial charge is 0.336 e. The van der Waals surface area contributed by atoms with Crippen LogP contribution in [0.4, 0.5) is 0 Å². The minimum atomic E-state index is -0.630. The SMILES string of the molecule is COC(=O)C1CN(C(=O)CSC)CCO1. The summed E-state index contributed by atoms with van der Waals surface area (Å²) in [4.78, 5) is 24.4. The van der Waals surface area contributed by atoms with Gasteiger partial charge in [-0.25, -0.2) is 4.79 Å². The van der Waals surface area contributed by atoms with Gasteiger partial charge in [0.25, 0.3) is 0 Å². The second kappa shape index (κ2) is 5.97. The maximum absolute atomic E-state index is 11.6. The van der Waals surface area contributed by atoms with E-state index in [0.29, 0.717) is 25.4 Å². The molecule has 1 aliphatic rings. The molecule has 0 aliphatic carbocycles. The van der Waals surface area contributed by atoms with Crippen molar-refractivity contribution < 1.29 is 19.1 Å². The van der Waals surface area contributed by atoms with Gasteiger partial charge in [0.1, 0.15) is 0 Å². The first-order valence-electron chi connectivity index (χ1n) is 4.65. The van der Waals surface area contributed by atoms with Crippen molar-refractivity contribution in [3.63, 3.8) is 0 Å². The van der Waals surface area contributed by atoms with Gasteiger partial charge in [-0.1, -0.05) is 0 Å². The molecular weight excluding hydrogens is 218 g/mol. The van der Waals surface area contributed by atoms with Gasteiger partial charge < -0.3 is 14.4 Å². The number of carbonyl (C=O) groups excluding carboxylic acids is 2. The van der Waals surface area contributed by atoms with Gasteiger partial charge in [-0.2, -0.15) is 11.8 Å². The van der Waals surface area contributed by atoms with Gasteiger partial charge >= 0.3 is 5.97 Å². The van der Waals surface area contributed by atoms with E-state index in [4.69, 9.17) is 4.74 Å². The molecule has 0 spiro atoms. The Morgan fingerprint density at radius 1 is 1.60 bits per heavy atom. The number of hydrogen-bond donors (Lipinski definition) is 0. The molecule has 15 heavy (non-hydrogen) atoms. The summed E-state index contributed by atoms with van der Waals surface area (Å²) in [6, 6.07) is 0. The van der Waals surface area contributed by atoms with Crippen molar-refractivity contribution in [2.24, 2.45) is 0 Å². The molecule has 6 heteroatoms. The molecule has 1 saturated heterocycles. The molecule has 1 heterocycles. The largest absolute Gasteiger partial charge is 0.467 e. The highest BCUT2D eigenvalue weighted by atomic mass is 32.2. The number of ether oxygens (including phenoxy) is 2. The number of carbonyl (C=O) groups is 2. The van der Waals surface area contributed by atoms with Crippen molar-refractivity contribution in [3.8, 4) is 0 Å². The second-order valence-electron chi connectivity index (χ2n) is 3.16. The van der Waals surface area contributed by atoms with Gasteiger partial charge in [0, 0.05) is 6.54 Å². The van der Waals surface area contributed by atoms with E-state index in [1.54, 1.807) is 4.90 Å². The molecule has 1 unspecified atom stereocenters. The Hall–Kier alpha value is -0.750. The van der Waals surface area contributed by atoms with Gasteiger partial charge in [-0.15, -0.1) is 0 Å². The summed E-state index contributed by atoms with van der Waals surface area (Å²) in [5.74, 6) is 0.0600. The van der Waals surface area contributed by atoms with Crippen LogP contribution in [0.5, 0.6) is 0 Å². The number of amides is 1. The van der Waals surface area contributed by atoms with E-state index in [1.165, 1.54) is 18.9 Å². The van der Waals surface area contributed by atoms with Gasteiger partial charge in [0.15, 0.2) is 6.10 Å². The summed E-state index contributed by atoms with van der Waals surface area (Å²) in [6.45, 7) is 1.23. The molecule has 1 amide bonds. The summed E-state index contributed by atoms with van der Waals surface area (Å²) in [5.41, 5.74) is 0. The molecular formula is C9H15NO4S. The quantitative estimate of drug-likeness (QED) is 0.629. The zero-order chi connectivity index (χ0) is 11.3. The van der Waals surface area contributed by atoms with Gasteiger partial charge in [0.05, 0.1) is 26.0 Å². The number of methoxy groups -OCH3 is 1. The fourth-order valence-corrected chi connectivity index (χ4v) is 1.79. The fraction of sp³-hybridized carbons (Fsp3) is 0.778. The Labute approximate surface area is 93.1 Å². The third-order valence-electron chi connectivity index (χ3n) is 2.15.